The normalized spacial score (nSPS) is 9.62. The van der Waals surface area contributed by atoms with Crippen LogP contribution < -0.4 is 11.2 Å². The van der Waals surface area contributed by atoms with Gasteiger partial charge in [0.15, 0.2) is 6.61 Å². The van der Waals surface area contributed by atoms with Crippen LogP contribution in [0.1, 0.15) is 0 Å². The average molecular weight is 182 g/mol. The zero-order chi connectivity index (χ0) is 9.52. The molecule has 70 valence electrons. The van der Waals surface area contributed by atoms with Crippen molar-refractivity contribution in [3.8, 4) is 0 Å². The Morgan fingerprint density at radius 1 is 1.38 bits per heavy atom. The Balaban J connectivity index is 2.37. The van der Waals surface area contributed by atoms with Crippen LogP contribution in [0.2, 0.25) is 0 Å². The predicted octanol–water partition coefficient (Wildman–Crippen LogP) is 0.447. The number of hydrogen-bond donors (Lipinski definition) is 2. The number of anilines is 1. The Morgan fingerprint density at radius 2 is 2.08 bits per heavy atom. The summed E-state index contributed by atoms with van der Waals surface area (Å²) in [5.41, 5.74) is 0.702. The van der Waals surface area contributed by atoms with Crippen LogP contribution in [0.4, 0.5) is 5.69 Å². The van der Waals surface area contributed by atoms with Crippen LogP contribution in [-0.4, -0.2) is 12.5 Å². The summed E-state index contributed by atoms with van der Waals surface area (Å²) < 4.78 is 0. The lowest BCUT2D eigenvalue weighted by Crippen LogP contribution is -2.19. The minimum atomic E-state index is -0.323. The van der Waals surface area contributed by atoms with Crippen LogP contribution in [0, 0.1) is 0 Å². The van der Waals surface area contributed by atoms with E-state index in [0.29, 0.717) is 5.69 Å². The van der Waals surface area contributed by atoms with Gasteiger partial charge in [-0.3, -0.25) is 4.79 Å². The number of rotatable bonds is 4. The lowest BCUT2D eigenvalue weighted by atomic mass is 10.3. The lowest BCUT2D eigenvalue weighted by molar-refractivity contribution is -0.293. The van der Waals surface area contributed by atoms with Gasteiger partial charge in [-0.2, -0.15) is 5.90 Å². The number of carbonyl (C=O) groups excluding carboxylic acids is 1. The molecule has 0 aliphatic carbocycles. The van der Waals surface area contributed by atoms with Crippen molar-refractivity contribution >= 4 is 11.6 Å². The van der Waals surface area contributed by atoms with Crippen LogP contribution >= 0.6 is 0 Å². The number of benzene rings is 1. The third kappa shape index (κ3) is 3.66. The van der Waals surface area contributed by atoms with Crippen LogP contribution in [-0.2, 0) is 14.7 Å². The molecule has 0 saturated carbocycles. The van der Waals surface area contributed by atoms with Crippen molar-refractivity contribution in [3.63, 3.8) is 0 Å². The van der Waals surface area contributed by atoms with Crippen LogP contribution in [0.3, 0.4) is 0 Å². The second-order valence-corrected chi connectivity index (χ2v) is 2.27. The van der Waals surface area contributed by atoms with E-state index >= 15 is 0 Å². The van der Waals surface area contributed by atoms with Gasteiger partial charge in [-0.25, -0.2) is 4.89 Å². The largest absolute Gasteiger partial charge is 0.324 e. The summed E-state index contributed by atoms with van der Waals surface area (Å²) in [4.78, 5) is 19.0. The fourth-order valence-electron chi connectivity index (χ4n) is 0.806. The summed E-state index contributed by atoms with van der Waals surface area (Å²) in [5, 5.41) is 2.58. The third-order valence-corrected chi connectivity index (χ3v) is 1.32. The summed E-state index contributed by atoms with van der Waals surface area (Å²) >= 11 is 0. The maximum Gasteiger partial charge on any atom is 0.253 e. The highest BCUT2D eigenvalue weighted by Gasteiger charge is 2.01. The summed E-state index contributed by atoms with van der Waals surface area (Å²) in [6, 6.07) is 9.02. The van der Waals surface area contributed by atoms with Gasteiger partial charge in [0.2, 0.25) is 0 Å². The van der Waals surface area contributed by atoms with Gasteiger partial charge in [0.25, 0.3) is 5.91 Å². The second kappa shape index (κ2) is 5.26. The van der Waals surface area contributed by atoms with E-state index in [9.17, 15) is 4.79 Å². The molecule has 1 amide bonds. The molecule has 0 radical (unpaired) electrons. The Kier molecular flexibility index (Phi) is 3.90. The molecule has 3 N–H and O–H groups in total. The Hall–Kier alpha value is -1.43. The summed E-state index contributed by atoms with van der Waals surface area (Å²) in [7, 11) is 0. The molecule has 0 aromatic heterocycles. The monoisotopic (exact) mass is 182 g/mol. The molecular formula is C8H10N2O3. The van der Waals surface area contributed by atoms with Crippen molar-refractivity contribution in [1.29, 1.82) is 0 Å². The third-order valence-electron chi connectivity index (χ3n) is 1.32. The minimum Gasteiger partial charge on any atom is -0.324 e. The zero-order valence-electron chi connectivity index (χ0n) is 6.90. The first-order valence-electron chi connectivity index (χ1n) is 3.66. The first-order chi connectivity index (χ1) is 6.33. The van der Waals surface area contributed by atoms with Gasteiger partial charge in [-0.1, -0.05) is 18.2 Å². The van der Waals surface area contributed by atoms with Gasteiger partial charge in [0.05, 0.1) is 0 Å². The van der Waals surface area contributed by atoms with E-state index in [1.54, 1.807) is 12.1 Å². The van der Waals surface area contributed by atoms with Crippen molar-refractivity contribution in [2.75, 3.05) is 11.9 Å². The van der Waals surface area contributed by atoms with Gasteiger partial charge >= 0.3 is 0 Å². The van der Waals surface area contributed by atoms with Crippen molar-refractivity contribution in [2.45, 2.75) is 0 Å². The Morgan fingerprint density at radius 3 is 2.69 bits per heavy atom. The molecule has 0 bridgehead atoms. The maximum atomic E-state index is 11.0. The molecule has 13 heavy (non-hydrogen) atoms. The molecule has 0 heterocycles. The van der Waals surface area contributed by atoms with E-state index in [2.05, 4.69) is 21.1 Å². The number of nitrogens with two attached hydrogens (primary N) is 1. The number of nitrogens with one attached hydrogen (secondary N) is 1. The Labute approximate surface area is 75.3 Å². The molecule has 0 spiro atoms. The molecule has 5 nitrogen and oxygen atoms in total. The van der Waals surface area contributed by atoms with Crippen LogP contribution in [0.25, 0.3) is 0 Å². The SMILES string of the molecule is NOOCC(=O)Nc1ccccc1. The molecule has 1 aromatic rings. The van der Waals surface area contributed by atoms with E-state index in [4.69, 9.17) is 0 Å². The van der Waals surface area contributed by atoms with Gasteiger partial charge in [0.1, 0.15) is 0 Å². The first kappa shape index (κ1) is 9.66. The molecule has 0 aliphatic rings. The molecule has 1 rings (SSSR count). The van der Waals surface area contributed by atoms with E-state index in [0.717, 1.165) is 0 Å². The molecule has 0 unspecified atom stereocenters. The number of hydrogen-bond acceptors (Lipinski definition) is 4. The van der Waals surface area contributed by atoms with E-state index in [1.807, 2.05) is 18.2 Å². The number of carbonyl (C=O) groups is 1. The van der Waals surface area contributed by atoms with Crippen molar-refractivity contribution in [3.05, 3.63) is 30.3 Å². The van der Waals surface area contributed by atoms with Crippen LogP contribution in [0.5, 0.6) is 0 Å². The molecule has 0 saturated heterocycles. The Bertz CT molecular complexity index is 263. The molecule has 0 fully saturated rings. The maximum absolute atomic E-state index is 11.0. The molecule has 0 aliphatic heterocycles. The molecular weight excluding hydrogens is 172 g/mol. The summed E-state index contributed by atoms with van der Waals surface area (Å²) in [6.07, 6.45) is 0. The van der Waals surface area contributed by atoms with Crippen molar-refractivity contribution in [1.82, 2.24) is 0 Å². The predicted molar refractivity (Wildman–Crippen MR) is 46.3 cm³/mol. The second-order valence-electron chi connectivity index (χ2n) is 2.27. The molecule has 0 atom stereocenters. The lowest BCUT2D eigenvalue weighted by Gasteiger charge is -2.02. The zero-order valence-corrected chi connectivity index (χ0v) is 6.90. The number of para-hydroxylation sites is 1. The fraction of sp³-hybridized carbons (Fsp3) is 0.125. The smallest absolute Gasteiger partial charge is 0.253 e. The highest BCUT2D eigenvalue weighted by Crippen LogP contribution is 2.04. The molecule has 1 aromatic carbocycles. The summed E-state index contributed by atoms with van der Waals surface area (Å²) in [5.74, 6) is 4.25. The van der Waals surface area contributed by atoms with Gasteiger partial charge in [-0.15, -0.1) is 4.99 Å². The van der Waals surface area contributed by atoms with Crippen LogP contribution in [0.15, 0.2) is 30.3 Å². The standard InChI is InChI=1S/C8H10N2O3/c9-13-12-6-8(11)10-7-4-2-1-3-5-7/h1-5H,6,9H2,(H,10,11). The summed E-state index contributed by atoms with van der Waals surface area (Å²) in [6.45, 7) is -0.231. The van der Waals surface area contributed by atoms with E-state index < -0.39 is 0 Å². The van der Waals surface area contributed by atoms with Gasteiger partial charge in [0, 0.05) is 5.69 Å². The highest BCUT2D eigenvalue weighted by molar-refractivity contribution is 5.91. The van der Waals surface area contributed by atoms with Gasteiger partial charge in [-0.05, 0) is 12.1 Å². The first-order valence-corrected chi connectivity index (χ1v) is 3.66. The molecule has 5 heteroatoms. The van der Waals surface area contributed by atoms with Crippen molar-refractivity contribution < 1.29 is 14.7 Å². The quantitative estimate of drug-likeness (QED) is 0.523. The highest BCUT2D eigenvalue weighted by atomic mass is 17.3. The van der Waals surface area contributed by atoms with Gasteiger partial charge < -0.3 is 5.32 Å². The van der Waals surface area contributed by atoms with Crippen molar-refractivity contribution in [2.24, 2.45) is 5.90 Å². The van der Waals surface area contributed by atoms with E-state index in [-0.39, 0.29) is 12.5 Å². The number of amides is 1. The fourth-order valence-corrected chi connectivity index (χ4v) is 0.806. The average Bonchev–Trinajstić information content (AvgIpc) is 2.16. The topological polar surface area (TPSA) is 73.6 Å². The minimum absolute atomic E-state index is 0.231. The van der Waals surface area contributed by atoms with E-state index in [1.165, 1.54) is 0 Å².